The van der Waals surface area contributed by atoms with Crippen molar-refractivity contribution in [2.24, 2.45) is 0 Å². The number of imidazole rings is 1. The lowest BCUT2D eigenvalue weighted by molar-refractivity contribution is 0.0787. The second kappa shape index (κ2) is 7.70. The largest absolute Gasteiger partial charge is 0.381 e. The maximum absolute atomic E-state index is 12.7. The van der Waals surface area contributed by atoms with Gasteiger partial charge in [0.2, 0.25) is 0 Å². The molecule has 1 atom stereocenters. The zero-order valence-electron chi connectivity index (χ0n) is 17.4. The van der Waals surface area contributed by atoms with Crippen molar-refractivity contribution in [3.63, 3.8) is 0 Å². The number of aromatic amines is 2. The molecule has 0 spiro atoms. The quantitative estimate of drug-likeness (QED) is 0.428. The van der Waals surface area contributed by atoms with Gasteiger partial charge < -0.3 is 20.2 Å². The highest BCUT2D eigenvalue weighted by molar-refractivity contribution is 7.09. The van der Waals surface area contributed by atoms with Crippen LogP contribution in [0.5, 0.6) is 0 Å². The van der Waals surface area contributed by atoms with E-state index in [1.165, 1.54) is 4.88 Å². The van der Waals surface area contributed by atoms with E-state index in [2.05, 4.69) is 38.6 Å². The molecule has 3 N–H and O–H groups in total. The normalized spacial score (nSPS) is 14.3. The fourth-order valence-electron chi connectivity index (χ4n) is 4.13. The zero-order valence-corrected chi connectivity index (χ0v) is 18.2. The Morgan fingerprint density at radius 2 is 2.16 bits per heavy atom. The van der Waals surface area contributed by atoms with Gasteiger partial charge in [0.05, 0.1) is 16.7 Å². The summed E-state index contributed by atoms with van der Waals surface area (Å²) in [4.78, 5) is 39.1. The van der Waals surface area contributed by atoms with E-state index < -0.39 is 0 Å². The number of benzene rings is 1. The van der Waals surface area contributed by atoms with Crippen molar-refractivity contribution >= 4 is 34.0 Å². The summed E-state index contributed by atoms with van der Waals surface area (Å²) in [6, 6.07) is 9.95. The first kappa shape index (κ1) is 19.6. The van der Waals surface area contributed by atoms with Crippen LogP contribution in [0, 0.1) is 0 Å². The summed E-state index contributed by atoms with van der Waals surface area (Å²) in [6.07, 6.45) is 2.51. The fraction of sp³-hybridized carbons (Fsp3) is 0.261. The lowest BCUT2D eigenvalue weighted by Gasteiger charge is -2.16. The number of fused-ring (bicyclic) bond motifs is 2. The molecule has 3 aromatic heterocycles. The van der Waals surface area contributed by atoms with Crippen LogP contribution in [0.1, 0.15) is 34.6 Å². The van der Waals surface area contributed by atoms with Gasteiger partial charge in [-0.1, -0.05) is 6.07 Å². The number of nitrogens with zero attached hydrogens (tertiary/aromatic N) is 2. The molecule has 0 aliphatic carbocycles. The molecule has 158 valence electrons. The van der Waals surface area contributed by atoms with Crippen LogP contribution >= 0.6 is 11.3 Å². The molecule has 1 amide bonds. The number of carbonyl (C=O) groups is 1. The van der Waals surface area contributed by atoms with Crippen molar-refractivity contribution in [2.75, 3.05) is 11.9 Å². The van der Waals surface area contributed by atoms with Crippen LogP contribution in [-0.2, 0) is 13.0 Å². The molecule has 0 fully saturated rings. The van der Waals surface area contributed by atoms with E-state index in [4.69, 9.17) is 0 Å². The average Bonchev–Trinajstić information content (AvgIpc) is 3.46. The minimum atomic E-state index is -0.215. The van der Waals surface area contributed by atoms with Gasteiger partial charge in [-0.15, -0.1) is 11.3 Å². The molecule has 0 unspecified atom stereocenters. The van der Waals surface area contributed by atoms with Crippen LogP contribution in [0.15, 0.2) is 46.7 Å². The highest BCUT2D eigenvalue weighted by Crippen LogP contribution is 2.30. The number of carbonyl (C=O) groups excluding carboxylic acids is 1. The van der Waals surface area contributed by atoms with Crippen molar-refractivity contribution in [3.8, 4) is 11.4 Å². The van der Waals surface area contributed by atoms with Crippen molar-refractivity contribution in [3.05, 3.63) is 68.3 Å². The van der Waals surface area contributed by atoms with E-state index in [-0.39, 0.29) is 17.5 Å². The lowest BCUT2D eigenvalue weighted by atomic mass is 10.1. The van der Waals surface area contributed by atoms with Gasteiger partial charge in [0, 0.05) is 42.2 Å². The van der Waals surface area contributed by atoms with Crippen LogP contribution in [-0.4, -0.2) is 38.3 Å². The fourth-order valence-corrected chi connectivity index (χ4v) is 4.97. The molecule has 0 bridgehead atoms. The van der Waals surface area contributed by atoms with E-state index in [9.17, 15) is 9.59 Å². The van der Waals surface area contributed by atoms with E-state index in [1.54, 1.807) is 17.5 Å². The van der Waals surface area contributed by atoms with E-state index in [0.29, 0.717) is 35.6 Å². The molecular weight excluding hydrogens is 410 g/mol. The summed E-state index contributed by atoms with van der Waals surface area (Å²) < 4.78 is 0. The third kappa shape index (κ3) is 3.53. The van der Waals surface area contributed by atoms with Crippen molar-refractivity contribution in [1.82, 2.24) is 19.9 Å². The maximum atomic E-state index is 12.7. The minimum Gasteiger partial charge on any atom is -0.381 e. The first-order chi connectivity index (χ1) is 15.0. The van der Waals surface area contributed by atoms with Gasteiger partial charge >= 0.3 is 0 Å². The molecular formula is C23H23N5O2S. The third-order valence-electron chi connectivity index (χ3n) is 5.65. The number of H-pyrrole nitrogens is 2. The zero-order chi connectivity index (χ0) is 21.5. The molecule has 8 heteroatoms. The molecule has 5 rings (SSSR count). The van der Waals surface area contributed by atoms with Crippen LogP contribution in [0.3, 0.4) is 0 Å². The summed E-state index contributed by atoms with van der Waals surface area (Å²) in [5.74, 6) is 0.525. The number of pyridine rings is 1. The molecule has 1 aliphatic heterocycles. The molecule has 7 nitrogen and oxygen atoms in total. The van der Waals surface area contributed by atoms with E-state index in [0.717, 1.165) is 23.2 Å². The number of amides is 1. The molecule has 0 saturated heterocycles. The monoisotopic (exact) mass is 433 g/mol. The summed E-state index contributed by atoms with van der Waals surface area (Å²) in [5.41, 5.74) is 4.16. The topological polar surface area (TPSA) is 93.9 Å². The van der Waals surface area contributed by atoms with Gasteiger partial charge in [-0.25, -0.2) is 4.98 Å². The molecule has 1 aliphatic rings. The molecule has 1 aromatic carbocycles. The minimum absolute atomic E-state index is 0.0336. The second-order valence-corrected chi connectivity index (χ2v) is 8.89. The summed E-state index contributed by atoms with van der Waals surface area (Å²) in [7, 11) is 0. The van der Waals surface area contributed by atoms with Crippen molar-refractivity contribution in [1.29, 1.82) is 0 Å². The predicted octanol–water partition coefficient (Wildman–Crippen LogP) is 4.00. The van der Waals surface area contributed by atoms with E-state index >= 15 is 0 Å². The molecule has 31 heavy (non-hydrogen) atoms. The number of thiophene rings is 1. The molecule has 4 heterocycles. The van der Waals surface area contributed by atoms with Gasteiger partial charge in [-0.05, 0) is 49.1 Å². The number of hydrogen-bond donors (Lipinski definition) is 3. The molecule has 0 radical (unpaired) electrons. The number of rotatable bonds is 6. The van der Waals surface area contributed by atoms with Crippen LogP contribution in [0.2, 0.25) is 0 Å². The van der Waals surface area contributed by atoms with Gasteiger partial charge in [0.25, 0.3) is 11.5 Å². The van der Waals surface area contributed by atoms with Crippen molar-refractivity contribution in [2.45, 2.75) is 32.9 Å². The highest BCUT2D eigenvalue weighted by Gasteiger charge is 2.27. The van der Waals surface area contributed by atoms with E-state index in [1.807, 2.05) is 36.1 Å². The van der Waals surface area contributed by atoms with Gasteiger partial charge in [-0.3, -0.25) is 9.59 Å². The van der Waals surface area contributed by atoms with Crippen molar-refractivity contribution < 1.29 is 4.79 Å². The third-order valence-corrected chi connectivity index (χ3v) is 6.55. The Labute approximate surface area is 183 Å². The van der Waals surface area contributed by atoms with Crippen LogP contribution in [0.25, 0.3) is 22.4 Å². The molecule has 0 saturated carbocycles. The lowest BCUT2D eigenvalue weighted by Crippen LogP contribution is -2.22. The Bertz CT molecular complexity index is 1320. The Balaban J connectivity index is 1.50. The smallest absolute Gasteiger partial charge is 0.261 e. The summed E-state index contributed by atoms with van der Waals surface area (Å²) in [6.45, 7) is 5.35. The number of nitrogens with one attached hydrogen (secondary N) is 3. The number of hydrogen-bond acceptors (Lipinski definition) is 5. The maximum Gasteiger partial charge on any atom is 0.261 e. The first-order valence-electron chi connectivity index (χ1n) is 10.4. The van der Waals surface area contributed by atoms with Crippen LogP contribution < -0.4 is 10.9 Å². The van der Waals surface area contributed by atoms with Crippen LogP contribution in [0.4, 0.5) is 5.69 Å². The average molecular weight is 434 g/mol. The van der Waals surface area contributed by atoms with Gasteiger partial charge in [-0.2, -0.15) is 0 Å². The van der Waals surface area contributed by atoms with Gasteiger partial charge in [0.1, 0.15) is 11.4 Å². The highest BCUT2D eigenvalue weighted by atomic mass is 32.1. The SMILES string of the molecule is CCN1Cc2cc3[nH]c(-c4c(N[C@@H](C)Cc5cccs5)cc[nH]c4=O)nc3cc2C1=O. The Kier molecular flexibility index (Phi) is 4.86. The number of anilines is 1. The number of aromatic nitrogens is 3. The first-order valence-corrected chi connectivity index (χ1v) is 11.2. The molecule has 4 aromatic rings. The standard InChI is InChI=1S/C23H23N5O2S/c1-3-28-12-14-10-18-19(11-16(14)23(28)30)27-21(26-18)20-17(6-7-24-22(20)29)25-13(2)9-15-5-4-8-31-15/h4-8,10-11,13H,3,9,12H2,1-2H3,(H,26,27)(H2,24,25,29)/t13-/m0/s1. The Morgan fingerprint density at radius 3 is 2.94 bits per heavy atom. The summed E-state index contributed by atoms with van der Waals surface area (Å²) in [5, 5.41) is 5.53. The second-order valence-electron chi connectivity index (χ2n) is 7.86. The predicted molar refractivity (Wildman–Crippen MR) is 124 cm³/mol. The summed E-state index contributed by atoms with van der Waals surface area (Å²) >= 11 is 1.72. The Hall–Kier alpha value is -3.39. The Morgan fingerprint density at radius 1 is 1.29 bits per heavy atom. The van der Waals surface area contributed by atoms with Gasteiger partial charge in [0.15, 0.2) is 0 Å².